The van der Waals surface area contributed by atoms with Crippen molar-refractivity contribution in [1.29, 1.82) is 0 Å². The Morgan fingerprint density at radius 2 is 1.80 bits per heavy atom. The van der Waals surface area contributed by atoms with Crippen LogP contribution >= 0.6 is 0 Å². The fourth-order valence-electron chi connectivity index (χ4n) is 2.35. The van der Waals surface area contributed by atoms with Crippen LogP contribution in [0.5, 0.6) is 5.75 Å². The molecule has 1 heterocycles. The monoisotopic (exact) mass is 292 g/mol. The van der Waals surface area contributed by atoms with E-state index >= 15 is 0 Å². The quantitative estimate of drug-likeness (QED) is 0.844. The molecule has 0 radical (unpaired) electrons. The number of nitrogens with one attached hydrogen (secondary N) is 1. The van der Waals surface area contributed by atoms with E-state index in [0.29, 0.717) is 31.7 Å². The average Bonchev–Trinajstić information content (AvgIpc) is 2.39. The van der Waals surface area contributed by atoms with Crippen LogP contribution in [0.25, 0.3) is 0 Å². The molecule has 1 saturated heterocycles. The molecule has 0 saturated carbocycles. The molecular weight excluding hydrogens is 276 g/mol. The predicted molar refractivity (Wildman–Crippen MR) is 66.3 cm³/mol. The maximum absolute atomic E-state index is 13.3. The number of nitrogens with zero attached hydrogens (tertiary/aromatic N) is 1. The summed E-state index contributed by atoms with van der Waals surface area (Å²) in [5, 5.41) is 3.09. The maximum atomic E-state index is 13.3. The number of rotatable bonds is 5. The van der Waals surface area contributed by atoms with Gasteiger partial charge >= 0.3 is 6.61 Å². The second kappa shape index (κ2) is 6.90. The van der Waals surface area contributed by atoms with Gasteiger partial charge < -0.3 is 10.1 Å². The van der Waals surface area contributed by atoms with E-state index in [9.17, 15) is 17.6 Å². The fraction of sp³-hybridized carbons (Fsp3) is 0.538. The van der Waals surface area contributed by atoms with Gasteiger partial charge in [0.05, 0.1) is 6.04 Å². The molecule has 20 heavy (non-hydrogen) atoms. The standard InChI is InChI=1S/C13H16F4N2O/c14-12(15)11(19-6-4-18-5-7-19)9-2-1-3-10(8-9)20-13(16)17/h1-3,8,11-13,18H,4-7H2/t11-/m1/s1. The first-order valence-corrected chi connectivity index (χ1v) is 6.35. The van der Waals surface area contributed by atoms with E-state index in [2.05, 4.69) is 10.1 Å². The molecule has 0 unspecified atom stereocenters. The summed E-state index contributed by atoms with van der Waals surface area (Å²) in [5.74, 6) is -0.0988. The summed E-state index contributed by atoms with van der Waals surface area (Å²) >= 11 is 0. The van der Waals surface area contributed by atoms with Crippen molar-refractivity contribution in [2.24, 2.45) is 0 Å². The van der Waals surface area contributed by atoms with Crippen molar-refractivity contribution in [1.82, 2.24) is 10.2 Å². The van der Waals surface area contributed by atoms with Crippen LogP contribution in [0, 0.1) is 0 Å². The van der Waals surface area contributed by atoms with E-state index in [0.717, 1.165) is 0 Å². The first kappa shape index (κ1) is 15.1. The third-order valence-electron chi connectivity index (χ3n) is 3.21. The summed E-state index contributed by atoms with van der Waals surface area (Å²) in [7, 11) is 0. The Morgan fingerprint density at radius 1 is 1.10 bits per heavy atom. The molecule has 1 aromatic rings. The van der Waals surface area contributed by atoms with E-state index in [1.807, 2.05) is 0 Å². The lowest BCUT2D eigenvalue weighted by Gasteiger charge is -2.34. The Morgan fingerprint density at radius 3 is 2.40 bits per heavy atom. The van der Waals surface area contributed by atoms with E-state index in [4.69, 9.17) is 0 Å². The Kier molecular flexibility index (Phi) is 5.19. The number of halogens is 4. The molecule has 2 rings (SSSR count). The molecule has 112 valence electrons. The minimum Gasteiger partial charge on any atom is -0.435 e. The molecule has 1 aliphatic heterocycles. The van der Waals surface area contributed by atoms with Crippen LogP contribution in [-0.2, 0) is 0 Å². The molecule has 1 N–H and O–H groups in total. The summed E-state index contributed by atoms with van der Waals surface area (Å²) in [6.07, 6.45) is -2.59. The third-order valence-corrected chi connectivity index (χ3v) is 3.21. The molecule has 7 heteroatoms. The number of ether oxygens (including phenoxy) is 1. The van der Waals surface area contributed by atoms with Crippen molar-refractivity contribution in [2.75, 3.05) is 26.2 Å². The minimum atomic E-state index is -2.96. The summed E-state index contributed by atoms with van der Waals surface area (Å²) < 4.78 is 55.2. The predicted octanol–water partition coefficient (Wildman–Crippen LogP) is 2.50. The molecule has 0 aliphatic carbocycles. The smallest absolute Gasteiger partial charge is 0.387 e. The van der Waals surface area contributed by atoms with Crippen LogP contribution in [0.3, 0.4) is 0 Å². The summed E-state index contributed by atoms with van der Waals surface area (Å²) in [6.45, 7) is -0.703. The number of hydrogen-bond donors (Lipinski definition) is 1. The second-order valence-corrected chi connectivity index (χ2v) is 4.52. The second-order valence-electron chi connectivity index (χ2n) is 4.52. The van der Waals surface area contributed by atoms with Crippen molar-refractivity contribution in [3.8, 4) is 5.75 Å². The van der Waals surface area contributed by atoms with Crippen LogP contribution in [0.15, 0.2) is 24.3 Å². The first-order valence-electron chi connectivity index (χ1n) is 6.35. The molecule has 1 aromatic carbocycles. The van der Waals surface area contributed by atoms with Crippen LogP contribution in [-0.4, -0.2) is 44.1 Å². The van der Waals surface area contributed by atoms with Crippen molar-refractivity contribution in [2.45, 2.75) is 19.1 Å². The zero-order chi connectivity index (χ0) is 14.5. The molecule has 0 amide bonds. The lowest BCUT2D eigenvalue weighted by atomic mass is 10.0. The SMILES string of the molecule is FC(F)Oc1cccc([C@H](C(F)F)N2CCNCC2)c1. The Hall–Kier alpha value is -1.34. The highest BCUT2D eigenvalue weighted by Gasteiger charge is 2.30. The molecule has 1 atom stereocenters. The average molecular weight is 292 g/mol. The van der Waals surface area contributed by atoms with Crippen LogP contribution in [0.2, 0.25) is 0 Å². The summed E-state index contributed by atoms with van der Waals surface area (Å²) in [5.41, 5.74) is 0.292. The van der Waals surface area contributed by atoms with Gasteiger partial charge in [-0.2, -0.15) is 8.78 Å². The van der Waals surface area contributed by atoms with Gasteiger partial charge in [-0.25, -0.2) is 8.78 Å². The molecule has 3 nitrogen and oxygen atoms in total. The van der Waals surface area contributed by atoms with Crippen LogP contribution in [0.1, 0.15) is 11.6 Å². The topological polar surface area (TPSA) is 24.5 Å². The van der Waals surface area contributed by atoms with Gasteiger partial charge in [-0.1, -0.05) is 12.1 Å². The molecule has 1 aliphatic rings. The van der Waals surface area contributed by atoms with Gasteiger partial charge in [0.2, 0.25) is 0 Å². The maximum Gasteiger partial charge on any atom is 0.387 e. The van der Waals surface area contributed by atoms with Crippen molar-refractivity contribution >= 4 is 0 Å². The summed E-state index contributed by atoms with van der Waals surface area (Å²) in [4.78, 5) is 1.66. The van der Waals surface area contributed by atoms with Crippen LogP contribution < -0.4 is 10.1 Å². The van der Waals surface area contributed by atoms with E-state index in [1.54, 1.807) is 4.90 Å². The van der Waals surface area contributed by atoms with E-state index in [1.165, 1.54) is 24.3 Å². The van der Waals surface area contributed by atoms with Crippen molar-refractivity contribution < 1.29 is 22.3 Å². The van der Waals surface area contributed by atoms with Gasteiger partial charge in [-0.05, 0) is 17.7 Å². The Labute approximate surface area is 114 Å². The highest BCUT2D eigenvalue weighted by molar-refractivity contribution is 5.31. The van der Waals surface area contributed by atoms with Gasteiger partial charge in [0, 0.05) is 26.2 Å². The lowest BCUT2D eigenvalue weighted by molar-refractivity contribution is -0.0500. The molecular formula is C13H16F4N2O. The lowest BCUT2D eigenvalue weighted by Crippen LogP contribution is -2.46. The third kappa shape index (κ3) is 3.83. The molecule has 0 spiro atoms. The normalized spacial score (nSPS) is 18.5. The largest absolute Gasteiger partial charge is 0.435 e. The Balaban J connectivity index is 2.20. The van der Waals surface area contributed by atoms with E-state index < -0.39 is 19.1 Å². The number of benzene rings is 1. The van der Waals surface area contributed by atoms with Crippen molar-refractivity contribution in [3.05, 3.63) is 29.8 Å². The van der Waals surface area contributed by atoms with Gasteiger partial charge in [-0.15, -0.1) is 0 Å². The fourth-order valence-corrected chi connectivity index (χ4v) is 2.35. The minimum absolute atomic E-state index is 0.0988. The highest BCUT2D eigenvalue weighted by atomic mass is 19.3. The highest BCUT2D eigenvalue weighted by Crippen LogP contribution is 2.30. The van der Waals surface area contributed by atoms with Crippen LogP contribution in [0.4, 0.5) is 17.6 Å². The summed E-state index contributed by atoms with van der Waals surface area (Å²) in [6, 6.07) is 4.45. The van der Waals surface area contributed by atoms with E-state index in [-0.39, 0.29) is 5.75 Å². The molecule has 0 aromatic heterocycles. The number of alkyl halides is 4. The number of piperazine rings is 1. The van der Waals surface area contributed by atoms with Gasteiger partial charge in [0.1, 0.15) is 5.75 Å². The van der Waals surface area contributed by atoms with Gasteiger partial charge in [-0.3, -0.25) is 4.90 Å². The number of hydrogen-bond acceptors (Lipinski definition) is 3. The molecule has 0 bridgehead atoms. The first-order chi connectivity index (χ1) is 9.58. The van der Waals surface area contributed by atoms with Gasteiger partial charge in [0.15, 0.2) is 0 Å². The zero-order valence-electron chi connectivity index (χ0n) is 10.7. The zero-order valence-corrected chi connectivity index (χ0v) is 10.7. The van der Waals surface area contributed by atoms with Gasteiger partial charge in [0.25, 0.3) is 6.43 Å². The Bertz CT molecular complexity index is 425. The molecule has 1 fully saturated rings. The van der Waals surface area contributed by atoms with Crippen molar-refractivity contribution in [3.63, 3.8) is 0 Å².